The van der Waals surface area contributed by atoms with E-state index in [-0.39, 0.29) is 12.7 Å². The van der Waals surface area contributed by atoms with Crippen molar-refractivity contribution in [3.05, 3.63) is 58.3 Å². The molecule has 0 atom stereocenters. The van der Waals surface area contributed by atoms with Crippen molar-refractivity contribution < 1.29 is 23.3 Å². The van der Waals surface area contributed by atoms with Crippen LogP contribution in [0.1, 0.15) is 51.7 Å². The minimum Gasteiger partial charge on any atom is -0.494 e. The summed E-state index contributed by atoms with van der Waals surface area (Å²) in [6.45, 7) is 9.64. The van der Waals surface area contributed by atoms with Gasteiger partial charge in [0.15, 0.2) is 4.74 Å². The van der Waals surface area contributed by atoms with Crippen LogP contribution in [0.25, 0.3) is 0 Å². The minimum atomic E-state index is -0.426. The zero-order valence-corrected chi connectivity index (χ0v) is 21.0. The first-order valence-corrected chi connectivity index (χ1v) is 12.0. The summed E-state index contributed by atoms with van der Waals surface area (Å²) in [5.74, 6) is 3.36. The molecule has 0 fully saturated rings. The van der Waals surface area contributed by atoms with E-state index in [4.69, 9.17) is 18.9 Å². The van der Waals surface area contributed by atoms with Gasteiger partial charge in [-0.2, -0.15) is 4.39 Å². The summed E-state index contributed by atoms with van der Waals surface area (Å²) in [6.07, 6.45) is 4.97. The number of ether oxygens (including phenoxy) is 4. The summed E-state index contributed by atoms with van der Waals surface area (Å²) in [5.41, 5.74) is 2.20. The highest BCUT2D eigenvalue weighted by atomic mass is 79.9. The molecule has 0 saturated carbocycles. The summed E-state index contributed by atoms with van der Waals surface area (Å²) in [4.78, 5) is 0. The van der Waals surface area contributed by atoms with Crippen LogP contribution in [0.3, 0.4) is 0 Å². The lowest BCUT2D eigenvalue weighted by molar-refractivity contribution is 0.241. The summed E-state index contributed by atoms with van der Waals surface area (Å²) in [5, 5.41) is 0. The molecule has 0 amide bonds. The third-order valence-electron chi connectivity index (χ3n) is 4.72. The van der Waals surface area contributed by atoms with Gasteiger partial charge in [-0.3, -0.25) is 0 Å². The van der Waals surface area contributed by atoms with Crippen LogP contribution in [0.2, 0.25) is 0 Å². The zero-order chi connectivity index (χ0) is 23.3. The molecule has 6 heteroatoms. The van der Waals surface area contributed by atoms with E-state index >= 15 is 0 Å². The number of hydrogen-bond acceptors (Lipinski definition) is 4. The van der Waals surface area contributed by atoms with Crippen LogP contribution >= 0.6 is 15.9 Å². The average Bonchev–Trinajstić information content (AvgIpc) is 2.76. The lowest BCUT2D eigenvalue weighted by atomic mass is 10.0. The number of benzene rings is 2. The van der Waals surface area contributed by atoms with E-state index in [0.29, 0.717) is 13.2 Å². The van der Waals surface area contributed by atoms with Crippen LogP contribution in [-0.2, 0) is 12.8 Å². The number of halogens is 2. The third kappa shape index (κ3) is 9.11. The van der Waals surface area contributed by atoms with Crippen LogP contribution in [0.5, 0.6) is 23.0 Å². The first-order chi connectivity index (χ1) is 15.4. The zero-order valence-electron chi connectivity index (χ0n) is 19.5. The Bertz CT molecular complexity index is 820. The highest BCUT2D eigenvalue weighted by Gasteiger charge is 2.11. The van der Waals surface area contributed by atoms with Crippen molar-refractivity contribution in [2.24, 2.45) is 0 Å². The Morgan fingerprint density at radius 1 is 0.875 bits per heavy atom. The molecule has 2 aromatic rings. The second-order valence-electron chi connectivity index (χ2n) is 7.62. The molecule has 2 aromatic carbocycles. The van der Waals surface area contributed by atoms with Gasteiger partial charge in [0.1, 0.15) is 29.6 Å². The molecule has 0 radical (unpaired) electrons. The predicted molar refractivity (Wildman–Crippen MR) is 131 cm³/mol. The molecule has 0 spiro atoms. The molecule has 0 N–H and O–H groups in total. The van der Waals surface area contributed by atoms with Crippen LogP contribution in [0, 0.1) is 0 Å². The smallest absolute Gasteiger partial charge is 0.165 e. The molecule has 4 nitrogen and oxygen atoms in total. The van der Waals surface area contributed by atoms with Crippen molar-refractivity contribution in [2.75, 3.05) is 19.8 Å². The molecule has 32 heavy (non-hydrogen) atoms. The number of unbranched alkanes of at least 4 members (excludes halogenated alkanes) is 1. The van der Waals surface area contributed by atoms with E-state index < -0.39 is 4.74 Å². The third-order valence-corrected chi connectivity index (χ3v) is 5.04. The normalized spacial score (nSPS) is 11.5. The number of rotatable bonds is 14. The highest BCUT2D eigenvalue weighted by Crippen LogP contribution is 2.31. The van der Waals surface area contributed by atoms with Crippen molar-refractivity contribution in [1.29, 1.82) is 0 Å². The van der Waals surface area contributed by atoms with Gasteiger partial charge in [-0.05, 0) is 109 Å². The van der Waals surface area contributed by atoms with Crippen LogP contribution in [-0.4, -0.2) is 25.9 Å². The van der Waals surface area contributed by atoms with Crippen molar-refractivity contribution in [1.82, 2.24) is 0 Å². The summed E-state index contributed by atoms with van der Waals surface area (Å²) in [7, 11) is 0. The lowest BCUT2D eigenvalue weighted by Crippen LogP contribution is -2.07. The minimum absolute atomic E-state index is 0.160. The molecular weight excluding hydrogens is 475 g/mol. The Labute approximate surface area is 199 Å². The number of hydrogen-bond donors (Lipinski definition) is 0. The number of aryl methyl sites for hydroxylation is 2. The Hall–Kier alpha value is -2.21. The Balaban J connectivity index is 1.80. The van der Waals surface area contributed by atoms with Gasteiger partial charge < -0.3 is 18.9 Å². The monoisotopic (exact) mass is 508 g/mol. The van der Waals surface area contributed by atoms with E-state index in [9.17, 15) is 4.39 Å². The van der Waals surface area contributed by atoms with Crippen LogP contribution in [0.15, 0.2) is 47.2 Å². The topological polar surface area (TPSA) is 36.9 Å². The van der Waals surface area contributed by atoms with Gasteiger partial charge in [0.25, 0.3) is 0 Å². The maximum atomic E-state index is 12.8. The van der Waals surface area contributed by atoms with Gasteiger partial charge in [-0.1, -0.05) is 13.8 Å². The summed E-state index contributed by atoms with van der Waals surface area (Å²) >= 11 is 2.77. The lowest BCUT2D eigenvalue weighted by Gasteiger charge is -2.17. The molecule has 0 aliphatic carbocycles. The highest BCUT2D eigenvalue weighted by molar-refractivity contribution is 9.11. The molecule has 0 aliphatic heterocycles. The van der Waals surface area contributed by atoms with Crippen molar-refractivity contribution >= 4 is 15.9 Å². The second-order valence-corrected chi connectivity index (χ2v) is 8.38. The average molecular weight is 509 g/mol. The van der Waals surface area contributed by atoms with E-state index in [2.05, 4.69) is 29.8 Å². The van der Waals surface area contributed by atoms with Gasteiger partial charge in [0.2, 0.25) is 0 Å². The van der Waals surface area contributed by atoms with E-state index in [1.165, 1.54) is 6.08 Å². The Kier molecular flexibility index (Phi) is 11.4. The van der Waals surface area contributed by atoms with Gasteiger partial charge in [-0.25, -0.2) is 0 Å². The van der Waals surface area contributed by atoms with Gasteiger partial charge in [0, 0.05) is 0 Å². The fourth-order valence-electron chi connectivity index (χ4n) is 3.17. The molecule has 0 unspecified atom stereocenters. The van der Waals surface area contributed by atoms with Crippen LogP contribution < -0.4 is 18.9 Å². The van der Waals surface area contributed by atoms with Gasteiger partial charge in [-0.15, -0.1) is 0 Å². The molecule has 2 rings (SSSR count). The first-order valence-electron chi connectivity index (χ1n) is 11.2. The summed E-state index contributed by atoms with van der Waals surface area (Å²) in [6, 6.07) is 11.7. The molecule has 0 aliphatic rings. The molecule has 0 heterocycles. The fraction of sp³-hybridized carbons (Fsp3) is 0.462. The molecule has 0 aromatic heterocycles. The Morgan fingerprint density at radius 3 is 1.97 bits per heavy atom. The predicted octanol–water partition coefficient (Wildman–Crippen LogP) is 7.42. The van der Waals surface area contributed by atoms with E-state index in [1.54, 1.807) is 0 Å². The Morgan fingerprint density at radius 2 is 1.44 bits per heavy atom. The van der Waals surface area contributed by atoms with Crippen molar-refractivity contribution in [3.63, 3.8) is 0 Å². The molecular formula is C26H34BrFO4. The molecule has 0 saturated heterocycles. The maximum absolute atomic E-state index is 12.8. The summed E-state index contributed by atoms with van der Waals surface area (Å²) < 4.78 is 35.6. The van der Waals surface area contributed by atoms with Gasteiger partial charge in [0.05, 0.1) is 19.3 Å². The van der Waals surface area contributed by atoms with Crippen molar-refractivity contribution in [3.8, 4) is 23.0 Å². The maximum Gasteiger partial charge on any atom is 0.165 e. The van der Waals surface area contributed by atoms with E-state index in [0.717, 1.165) is 59.8 Å². The first kappa shape index (κ1) is 26.0. The van der Waals surface area contributed by atoms with E-state index in [1.807, 2.05) is 50.2 Å². The van der Waals surface area contributed by atoms with Crippen molar-refractivity contribution in [2.45, 2.75) is 59.5 Å². The largest absolute Gasteiger partial charge is 0.494 e. The van der Waals surface area contributed by atoms with Crippen LogP contribution in [0.4, 0.5) is 4.39 Å². The quantitative estimate of drug-likeness (QED) is 0.248. The molecule has 0 bridgehead atoms. The molecule has 176 valence electrons. The fourth-order valence-corrected chi connectivity index (χ4v) is 3.30. The SMILES string of the molecule is CCc1cc(OCC=C(F)Br)cc(CC)c1OCCCCOc1ccc(OC(C)C)cc1. The standard InChI is InChI=1S/C26H34BrFO4/c1-5-20-17-24(30-16-13-25(27)28)18-21(6-2)26(20)31-15-8-7-14-29-22-9-11-23(12-10-22)32-19(3)4/h9-13,17-19H,5-8,14-16H2,1-4H3. The second kappa shape index (κ2) is 14.0. The van der Waals surface area contributed by atoms with Gasteiger partial charge >= 0.3 is 0 Å².